The molecule has 0 bridgehead atoms. The number of hydrogen-bond donors (Lipinski definition) is 0. The van der Waals surface area contributed by atoms with Gasteiger partial charge in [-0.25, -0.2) is 4.98 Å². The van der Waals surface area contributed by atoms with E-state index in [9.17, 15) is 4.79 Å². The highest BCUT2D eigenvalue weighted by molar-refractivity contribution is 8.18. The Morgan fingerprint density at radius 3 is 2.44 bits per heavy atom. The van der Waals surface area contributed by atoms with Crippen molar-refractivity contribution >= 4 is 46.3 Å². The molecule has 0 saturated carbocycles. The number of amides is 1. The first-order valence-corrected chi connectivity index (χ1v) is 10.00. The maximum absolute atomic E-state index is 12.3. The number of halogens is 1. The van der Waals surface area contributed by atoms with E-state index in [0.717, 1.165) is 42.7 Å². The van der Waals surface area contributed by atoms with Crippen molar-refractivity contribution in [2.45, 2.75) is 6.92 Å². The van der Waals surface area contributed by atoms with Crippen LogP contribution in [0.1, 0.15) is 11.1 Å². The predicted octanol–water partition coefficient (Wildman–Crippen LogP) is 3.84. The number of benzene rings is 1. The SMILES string of the molecule is Cc1ccc(/C=C2\SC(N3CCN(c4cccc(Cl)n4)CC3)=NC2=O)cc1. The number of piperazine rings is 1. The summed E-state index contributed by atoms with van der Waals surface area (Å²) < 4.78 is 0. The van der Waals surface area contributed by atoms with Crippen LogP contribution < -0.4 is 4.90 Å². The van der Waals surface area contributed by atoms with Gasteiger partial charge in [0.2, 0.25) is 0 Å². The van der Waals surface area contributed by atoms with Crippen LogP contribution in [0, 0.1) is 6.92 Å². The van der Waals surface area contributed by atoms with E-state index in [4.69, 9.17) is 11.6 Å². The molecule has 138 valence electrons. The summed E-state index contributed by atoms with van der Waals surface area (Å²) in [5.74, 6) is 0.730. The van der Waals surface area contributed by atoms with Crippen molar-refractivity contribution in [3.05, 3.63) is 63.6 Å². The zero-order chi connectivity index (χ0) is 18.8. The lowest BCUT2D eigenvalue weighted by atomic mass is 10.1. The highest BCUT2D eigenvalue weighted by atomic mass is 35.5. The number of rotatable bonds is 2. The van der Waals surface area contributed by atoms with E-state index in [1.165, 1.54) is 17.3 Å². The van der Waals surface area contributed by atoms with Gasteiger partial charge < -0.3 is 9.80 Å². The summed E-state index contributed by atoms with van der Waals surface area (Å²) in [4.78, 5) is 26.0. The highest BCUT2D eigenvalue weighted by Crippen LogP contribution is 2.31. The summed E-state index contributed by atoms with van der Waals surface area (Å²) in [6.07, 6.45) is 1.91. The molecular weight excluding hydrogens is 380 g/mol. The quantitative estimate of drug-likeness (QED) is 0.568. The van der Waals surface area contributed by atoms with Gasteiger partial charge in [0.1, 0.15) is 11.0 Å². The van der Waals surface area contributed by atoms with E-state index in [-0.39, 0.29) is 5.91 Å². The maximum Gasteiger partial charge on any atom is 0.286 e. The number of carbonyl (C=O) groups excluding carboxylic acids is 1. The Bertz CT molecular complexity index is 918. The van der Waals surface area contributed by atoms with Crippen molar-refractivity contribution in [2.75, 3.05) is 31.1 Å². The van der Waals surface area contributed by atoms with Gasteiger partial charge in [-0.3, -0.25) is 4.79 Å². The van der Waals surface area contributed by atoms with Crippen LogP contribution in [0.2, 0.25) is 5.15 Å². The Hall–Kier alpha value is -2.31. The van der Waals surface area contributed by atoms with Crippen LogP contribution in [0.15, 0.2) is 52.4 Å². The summed E-state index contributed by atoms with van der Waals surface area (Å²) in [6, 6.07) is 13.8. The molecule has 0 atom stereocenters. The third-order valence-corrected chi connectivity index (χ3v) is 5.81. The van der Waals surface area contributed by atoms with Gasteiger partial charge in [0.25, 0.3) is 5.91 Å². The van der Waals surface area contributed by atoms with E-state index >= 15 is 0 Å². The zero-order valence-corrected chi connectivity index (χ0v) is 16.5. The molecule has 5 nitrogen and oxygen atoms in total. The van der Waals surface area contributed by atoms with Crippen molar-refractivity contribution in [1.29, 1.82) is 0 Å². The Balaban J connectivity index is 1.40. The molecule has 2 aliphatic rings. The number of pyridine rings is 1. The third-order valence-electron chi connectivity index (χ3n) is 4.56. The van der Waals surface area contributed by atoms with Crippen LogP contribution in [0.4, 0.5) is 5.82 Å². The van der Waals surface area contributed by atoms with Crippen molar-refractivity contribution < 1.29 is 4.79 Å². The molecule has 0 aliphatic carbocycles. The number of aryl methyl sites for hydroxylation is 1. The lowest BCUT2D eigenvalue weighted by Crippen LogP contribution is -2.48. The number of aliphatic imine (C=N–C) groups is 1. The van der Waals surface area contributed by atoms with Crippen molar-refractivity contribution in [1.82, 2.24) is 9.88 Å². The number of anilines is 1. The minimum absolute atomic E-state index is 0.158. The molecule has 1 aromatic heterocycles. The molecule has 1 amide bonds. The maximum atomic E-state index is 12.3. The summed E-state index contributed by atoms with van der Waals surface area (Å²) in [6.45, 7) is 5.28. The van der Waals surface area contributed by atoms with Crippen molar-refractivity contribution in [2.24, 2.45) is 4.99 Å². The second-order valence-electron chi connectivity index (χ2n) is 6.51. The first kappa shape index (κ1) is 18.1. The first-order chi connectivity index (χ1) is 13.1. The molecule has 2 aliphatic heterocycles. The molecular formula is C20H19ClN4OS. The lowest BCUT2D eigenvalue weighted by Gasteiger charge is -2.36. The summed E-state index contributed by atoms with van der Waals surface area (Å²) in [7, 11) is 0. The van der Waals surface area contributed by atoms with E-state index in [0.29, 0.717) is 10.1 Å². The summed E-state index contributed by atoms with van der Waals surface area (Å²) in [5.41, 5.74) is 2.22. The average Bonchev–Trinajstić information content (AvgIpc) is 3.04. The molecule has 0 radical (unpaired) electrons. The molecule has 3 heterocycles. The molecule has 1 aromatic carbocycles. The summed E-state index contributed by atoms with van der Waals surface area (Å²) >= 11 is 7.45. The zero-order valence-electron chi connectivity index (χ0n) is 14.9. The number of hydrogen-bond acceptors (Lipinski definition) is 5. The molecule has 0 unspecified atom stereocenters. The second kappa shape index (κ2) is 7.74. The molecule has 0 N–H and O–H groups in total. The topological polar surface area (TPSA) is 48.8 Å². The first-order valence-electron chi connectivity index (χ1n) is 8.80. The van der Waals surface area contributed by atoms with Gasteiger partial charge in [0, 0.05) is 26.2 Å². The van der Waals surface area contributed by atoms with Gasteiger partial charge in [-0.2, -0.15) is 4.99 Å². The monoisotopic (exact) mass is 398 g/mol. The molecule has 27 heavy (non-hydrogen) atoms. The fraction of sp³-hybridized carbons (Fsp3) is 0.250. The fourth-order valence-electron chi connectivity index (χ4n) is 3.05. The Kier molecular flexibility index (Phi) is 5.18. The Labute approximate surface area is 167 Å². The van der Waals surface area contributed by atoms with Crippen LogP contribution in [-0.4, -0.2) is 47.1 Å². The van der Waals surface area contributed by atoms with E-state index < -0.39 is 0 Å². The predicted molar refractivity (Wildman–Crippen MR) is 112 cm³/mol. The van der Waals surface area contributed by atoms with E-state index in [1.807, 2.05) is 49.4 Å². The molecule has 7 heteroatoms. The molecule has 2 aromatic rings. The third kappa shape index (κ3) is 4.17. The average molecular weight is 399 g/mol. The molecule has 1 fully saturated rings. The fourth-order valence-corrected chi connectivity index (χ4v) is 4.17. The minimum Gasteiger partial charge on any atom is -0.353 e. The smallest absolute Gasteiger partial charge is 0.286 e. The van der Waals surface area contributed by atoms with Crippen molar-refractivity contribution in [3.63, 3.8) is 0 Å². The van der Waals surface area contributed by atoms with Gasteiger partial charge in [-0.1, -0.05) is 47.5 Å². The standard InChI is InChI=1S/C20H19ClN4OS/c1-14-5-7-15(8-6-14)13-16-19(26)23-20(27-16)25-11-9-24(10-12-25)18-4-2-3-17(21)22-18/h2-8,13H,9-12H2,1H3/b16-13-. The number of carbonyl (C=O) groups is 1. The van der Waals surface area contributed by atoms with Gasteiger partial charge >= 0.3 is 0 Å². The van der Waals surface area contributed by atoms with Gasteiger partial charge in [0.15, 0.2) is 5.17 Å². The van der Waals surface area contributed by atoms with Crippen LogP contribution in [0.3, 0.4) is 0 Å². The largest absolute Gasteiger partial charge is 0.353 e. The van der Waals surface area contributed by atoms with Crippen LogP contribution in [0.25, 0.3) is 6.08 Å². The van der Waals surface area contributed by atoms with Gasteiger partial charge in [-0.05, 0) is 42.5 Å². The molecule has 0 spiro atoms. The Morgan fingerprint density at radius 1 is 1.04 bits per heavy atom. The van der Waals surface area contributed by atoms with Crippen LogP contribution >= 0.6 is 23.4 Å². The minimum atomic E-state index is -0.158. The van der Waals surface area contributed by atoms with Crippen molar-refractivity contribution in [3.8, 4) is 0 Å². The van der Waals surface area contributed by atoms with Gasteiger partial charge in [0.05, 0.1) is 4.91 Å². The number of aromatic nitrogens is 1. The number of amidine groups is 1. The van der Waals surface area contributed by atoms with E-state index in [1.54, 1.807) is 6.07 Å². The summed E-state index contributed by atoms with van der Waals surface area (Å²) in [5, 5.41) is 1.29. The normalized spacial score (nSPS) is 19.0. The van der Waals surface area contributed by atoms with Crippen LogP contribution in [0.5, 0.6) is 0 Å². The molecule has 1 saturated heterocycles. The highest BCUT2D eigenvalue weighted by Gasteiger charge is 2.28. The van der Waals surface area contributed by atoms with E-state index in [2.05, 4.69) is 19.8 Å². The number of thioether (sulfide) groups is 1. The second-order valence-corrected chi connectivity index (χ2v) is 7.91. The van der Waals surface area contributed by atoms with Crippen LogP contribution in [-0.2, 0) is 4.79 Å². The Morgan fingerprint density at radius 2 is 1.74 bits per heavy atom. The van der Waals surface area contributed by atoms with Gasteiger partial charge in [-0.15, -0.1) is 0 Å². The lowest BCUT2D eigenvalue weighted by molar-refractivity contribution is -0.113. The molecule has 4 rings (SSSR count). The number of nitrogens with zero attached hydrogens (tertiary/aromatic N) is 4.